The van der Waals surface area contributed by atoms with Crippen molar-refractivity contribution in [2.24, 2.45) is 5.92 Å². The Morgan fingerprint density at radius 2 is 1.96 bits per heavy atom. The average Bonchev–Trinajstić information content (AvgIpc) is 3.31. The molecule has 0 atom stereocenters. The van der Waals surface area contributed by atoms with Crippen LogP contribution in [0.3, 0.4) is 0 Å². The molecule has 3 rings (SSSR count). The summed E-state index contributed by atoms with van der Waals surface area (Å²) < 4.78 is 1.94. The lowest BCUT2D eigenvalue weighted by Gasteiger charge is -2.21. The first-order chi connectivity index (χ1) is 11.8. The van der Waals surface area contributed by atoms with E-state index >= 15 is 0 Å². The van der Waals surface area contributed by atoms with Gasteiger partial charge in [0.05, 0.1) is 11.0 Å². The van der Waals surface area contributed by atoms with Gasteiger partial charge in [-0.1, -0.05) is 12.1 Å². The Bertz CT molecular complexity index is 784. The number of para-hydroxylation sites is 2. The van der Waals surface area contributed by atoms with Crippen LogP contribution in [0.1, 0.15) is 39.4 Å². The second-order valence-corrected chi connectivity index (χ2v) is 7.72. The van der Waals surface area contributed by atoms with Crippen molar-refractivity contribution >= 4 is 22.8 Å². The molecule has 134 valence electrons. The predicted molar refractivity (Wildman–Crippen MR) is 97.1 cm³/mol. The summed E-state index contributed by atoms with van der Waals surface area (Å²) in [5.41, 5.74) is 1.54. The molecule has 1 saturated carbocycles. The number of hydrogen-bond donors (Lipinski definition) is 2. The van der Waals surface area contributed by atoms with Gasteiger partial charge in [0.1, 0.15) is 12.4 Å². The third kappa shape index (κ3) is 4.59. The molecule has 1 heterocycles. The van der Waals surface area contributed by atoms with Crippen molar-refractivity contribution in [3.63, 3.8) is 0 Å². The van der Waals surface area contributed by atoms with E-state index in [4.69, 9.17) is 0 Å². The van der Waals surface area contributed by atoms with E-state index in [0.29, 0.717) is 13.0 Å². The van der Waals surface area contributed by atoms with Crippen LogP contribution in [0.5, 0.6) is 0 Å². The highest BCUT2D eigenvalue weighted by Gasteiger charge is 2.29. The van der Waals surface area contributed by atoms with E-state index in [1.165, 1.54) is 0 Å². The number of rotatable bonds is 6. The number of nitrogens with one attached hydrogen (secondary N) is 2. The van der Waals surface area contributed by atoms with Crippen LogP contribution in [0.25, 0.3) is 11.0 Å². The minimum atomic E-state index is -0.272. The van der Waals surface area contributed by atoms with E-state index in [1.54, 1.807) is 0 Å². The maximum atomic E-state index is 12.4. The second kappa shape index (κ2) is 6.86. The zero-order valence-electron chi connectivity index (χ0n) is 15.1. The van der Waals surface area contributed by atoms with E-state index in [1.807, 2.05) is 49.6 Å². The summed E-state index contributed by atoms with van der Waals surface area (Å²) in [6.07, 6.45) is 2.60. The van der Waals surface area contributed by atoms with Crippen LogP contribution in [0.4, 0.5) is 0 Å². The Balaban J connectivity index is 1.74. The standard InChI is InChI=1S/C19H26N4O2/c1-19(2,3)22-17(24)12-23-15-7-5-4-6-14(15)21-16(23)10-11-20-18(25)13-8-9-13/h4-7,13H,8-12H2,1-3H3,(H,20,25)(H,22,24). The second-order valence-electron chi connectivity index (χ2n) is 7.72. The molecule has 0 radical (unpaired) electrons. The third-order valence-electron chi connectivity index (χ3n) is 4.15. The highest BCUT2D eigenvalue weighted by Crippen LogP contribution is 2.28. The number of hydrogen-bond acceptors (Lipinski definition) is 3. The van der Waals surface area contributed by atoms with Crippen molar-refractivity contribution in [3.8, 4) is 0 Å². The van der Waals surface area contributed by atoms with Crippen LogP contribution in [-0.2, 0) is 22.6 Å². The quantitative estimate of drug-likeness (QED) is 0.843. The van der Waals surface area contributed by atoms with Crippen LogP contribution in [0.2, 0.25) is 0 Å². The molecule has 0 spiro atoms. The maximum Gasteiger partial charge on any atom is 0.240 e. The molecule has 1 aliphatic carbocycles. The molecule has 6 nitrogen and oxygen atoms in total. The monoisotopic (exact) mass is 342 g/mol. The van der Waals surface area contributed by atoms with Gasteiger partial charge in [0, 0.05) is 24.4 Å². The highest BCUT2D eigenvalue weighted by atomic mass is 16.2. The molecule has 2 N–H and O–H groups in total. The molecular formula is C19H26N4O2. The van der Waals surface area contributed by atoms with Crippen molar-refractivity contribution < 1.29 is 9.59 Å². The van der Waals surface area contributed by atoms with Crippen LogP contribution in [0, 0.1) is 5.92 Å². The van der Waals surface area contributed by atoms with Gasteiger partial charge >= 0.3 is 0 Å². The molecule has 2 amide bonds. The molecule has 0 saturated heterocycles. The van der Waals surface area contributed by atoms with Crippen LogP contribution in [-0.4, -0.2) is 33.4 Å². The molecule has 25 heavy (non-hydrogen) atoms. The predicted octanol–water partition coefficient (Wildman–Crippen LogP) is 2.02. The number of benzene rings is 1. The Kier molecular flexibility index (Phi) is 4.79. The summed E-state index contributed by atoms with van der Waals surface area (Å²) in [5.74, 6) is 1.12. The van der Waals surface area contributed by atoms with Gasteiger partial charge in [-0.3, -0.25) is 9.59 Å². The number of imidazole rings is 1. The maximum absolute atomic E-state index is 12.4. The van der Waals surface area contributed by atoms with Gasteiger partial charge in [-0.2, -0.15) is 0 Å². The number of fused-ring (bicyclic) bond motifs is 1. The first-order valence-electron chi connectivity index (χ1n) is 8.86. The molecule has 6 heteroatoms. The van der Waals surface area contributed by atoms with Crippen LogP contribution >= 0.6 is 0 Å². The van der Waals surface area contributed by atoms with Gasteiger partial charge in [-0.25, -0.2) is 4.98 Å². The van der Waals surface area contributed by atoms with E-state index in [-0.39, 0.29) is 29.8 Å². The first-order valence-corrected chi connectivity index (χ1v) is 8.86. The SMILES string of the molecule is CC(C)(C)NC(=O)Cn1c(CCNC(=O)C2CC2)nc2ccccc21. The van der Waals surface area contributed by atoms with Crippen LogP contribution < -0.4 is 10.6 Å². The fourth-order valence-corrected chi connectivity index (χ4v) is 2.88. The molecular weight excluding hydrogens is 316 g/mol. The van der Waals surface area contributed by atoms with Gasteiger partial charge in [0.15, 0.2) is 0 Å². The van der Waals surface area contributed by atoms with E-state index in [2.05, 4.69) is 15.6 Å². The third-order valence-corrected chi connectivity index (χ3v) is 4.15. The largest absolute Gasteiger partial charge is 0.355 e. The van der Waals surface area contributed by atoms with Gasteiger partial charge in [-0.05, 0) is 45.7 Å². The summed E-state index contributed by atoms with van der Waals surface area (Å²) in [6, 6.07) is 7.80. The number of carbonyl (C=O) groups excluding carboxylic acids is 2. The fraction of sp³-hybridized carbons (Fsp3) is 0.526. The van der Waals surface area contributed by atoms with Gasteiger partial charge < -0.3 is 15.2 Å². The summed E-state index contributed by atoms with van der Waals surface area (Å²) in [4.78, 5) is 28.8. The lowest BCUT2D eigenvalue weighted by molar-refractivity contribution is -0.123. The van der Waals surface area contributed by atoms with Gasteiger partial charge in [-0.15, -0.1) is 0 Å². The summed E-state index contributed by atoms with van der Waals surface area (Å²) in [6.45, 7) is 6.66. The molecule has 1 aliphatic rings. The highest BCUT2D eigenvalue weighted by molar-refractivity contribution is 5.82. The normalized spacial score (nSPS) is 14.5. The Morgan fingerprint density at radius 3 is 2.64 bits per heavy atom. The van der Waals surface area contributed by atoms with E-state index < -0.39 is 0 Å². The lowest BCUT2D eigenvalue weighted by atomic mass is 10.1. The minimum absolute atomic E-state index is 0.0427. The number of amides is 2. The first kappa shape index (κ1) is 17.5. The summed E-state index contributed by atoms with van der Waals surface area (Å²) in [5, 5.41) is 5.95. The zero-order chi connectivity index (χ0) is 18.0. The Hall–Kier alpha value is -2.37. The molecule has 1 aromatic heterocycles. The van der Waals surface area contributed by atoms with Crippen molar-refractivity contribution in [3.05, 3.63) is 30.1 Å². The zero-order valence-corrected chi connectivity index (χ0v) is 15.1. The van der Waals surface area contributed by atoms with E-state index in [0.717, 1.165) is 29.7 Å². The van der Waals surface area contributed by atoms with Crippen molar-refractivity contribution in [1.29, 1.82) is 0 Å². The fourth-order valence-electron chi connectivity index (χ4n) is 2.88. The van der Waals surface area contributed by atoms with Gasteiger partial charge in [0.2, 0.25) is 11.8 Å². The molecule has 2 aromatic rings. The molecule has 1 aromatic carbocycles. The smallest absolute Gasteiger partial charge is 0.240 e. The summed E-state index contributed by atoms with van der Waals surface area (Å²) in [7, 11) is 0. The Morgan fingerprint density at radius 1 is 1.24 bits per heavy atom. The number of aromatic nitrogens is 2. The number of carbonyl (C=O) groups is 2. The molecule has 0 unspecified atom stereocenters. The lowest BCUT2D eigenvalue weighted by Crippen LogP contribution is -2.42. The van der Waals surface area contributed by atoms with Crippen molar-refractivity contribution in [2.45, 2.75) is 52.1 Å². The topological polar surface area (TPSA) is 76.0 Å². The minimum Gasteiger partial charge on any atom is -0.355 e. The molecule has 0 aliphatic heterocycles. The molecule has 1 fully saturated rings. The Labute approximate surface area is 148 Å². The summed E-state index contributed by atoms with van der Waals surface area (Å²) >= 11 is 0. The van der Waals surface area contributed by atoms with Crippen LogP contribution in [0.15, 0.2) is 24.3 Å². The van der Waals surface area contributed by atoms with Crippen molar-refractivity contribution in [1.82, 2.24) is 20.2 Å². The molecule has 0 bridgehead atoms. The average molecular weight is 342 g/mol. The number of nitrogens with zero attached hydrogens (tertiary/aromatic N) is 2. The van der Waals surface area contributed by atoms with Crippen molar-refractivity contribution in [2.75, 3.05) is 6.54 Å². The van der Waals surface area contributed by atoms with E-state index in [9.17, 15) is 9.59 Å². The van der Waals surface area contributed by atoms with Gasteiger partial charge in [0.25, 0.3) is 0 Å².